The predicted octanol–water partition coefficient (Wildman–Crippen LogP) is 2.06. The first-order valence-corrected chi connectivity index (χ1v) is 5.65. The Morgan fingerprint density at radius 1 is 1.40 bits per heavy atom. The summed E-state index contributed by atoms with van der Waals surface area (Å²) in [6.07, 6.45) is 0. The molecule has 0 spiro atoms. The third-order valence-electron chi connectivity index (χ3n) is 2.12. The lowest BCUT2D eigenvalue weighted by Gasteiger charge is -2.15. The molecule has 3 N–H and O–H groups in total. The van der Waals surface area contributed by atoms with Crippen LogP contribution in [0.1, 0.15) is 18.5 Å². The van der Waals surface area contributed by atoms with Gasteiger partial charge in [0, 0.05) is 17.1 Å². The van der Waals surface area contributed by atoms with Crippen LogP contribution in [0.3, 0.4) is 0 Å². The van der Waals surface area contributed by atoms with Gasteiger partial charge in [-0.15, -0.1) is 5.92 Å². The normalized spacial score (nSPS) is 11.7. The fourth-order valence-electron chi connectivity index (χ4n) is 1.29. The molecule has 2 nitrogen and oxygen atoms in total. The first kappa shape index (κ1) is 12.3. The monoisotopic (exact) mass is 266 g/mol. The van der Waals surface area contributed by atoms with Gasteiger partial charge in [-0.25, -0.2) is 0 Å². The van der Waals surface area contributed by atoms with Crippen LogP contribution in [-0.2, 0) is 0 Å². The second-order valence-corrected chi connectivity index (χ2v) is 4.06. The van der Waals surface area contributed by atoms with E-state index in [2.05, 4.69) is 45.2 Å². The average molecular weight is 267 g/mol. The second kappa shape index (κ2) is 6.62. The smallest absolute Gasteiger partial charge is 0.0581 e. The zero-order valence-corrected chi connectivity index (χ0v) is 10.3. The van der Waals surface area contributed by atoms with Crippen molar-refractivity contribution in [3.8, 4) is 11.8 Å². The number of halogens is 1. The number of rotatable bonds is 4. The molecule has 0 aliphatic heterocycles. The number of hydrogen-bond donors (Lipinski definition) is 2. The fourth-order valence-corrected chi connectivity index (χ4v) is 1.56. The molecule has 0 aliphatic carbocycles. The molecule has 0 saturated heterocycles. The minimum absolute atomic E-state index is 0.180. The van der Waals surface area contributed by atoms with Crippen LogP contribution < -0.4 is 11.1 Å². The largest absolute Gasteiger partial charge is 0.329 e. The molecule has 0 amide bonds. The lowest BCUT2D eigenvalue weighted by Crippen LogP contribution is -2.28. The lowest BCUT2D eigenvalue weighted by molar-refractivity contribution is 0.582. The van der Waals surface area contributed by atoms with Crippen LogP contribution in [-0.4, -0.2) is 13.1 Å². The third kappa shape index (κ3) is 4.05. The number of benzene rings is 1. The van der Waals surface area contributed by atoms with E-state index >= 15 is 0 Å². The van der Waals surface area contributed by atoms with Gasteiger partial charge >= 0.3 is 0 Å². The van der Waals surface area contributed by atoms with Crippen LogP contribution in [0.4, 0.5) is 0 Å². The number of nitrogens with two attached hydrogens (primary N) is 1. The first-order valence-electron chi connectivity index (χ1n) is 4.86. The highest BCUT2D eigenvalue weighted by Gasteiger charge is 2.06. The average Bonchev–Trinajstić information content (AvgIpc) is 2.26. The Hall–Kier alpha value is -0.820. The van der Waals surface area contributed by atoms with Gasteiger partial charge in [-0.1, -0.05) is 34.0 Å². The van der Waals surface area contributed by atoms with Crippen molar-refractivity contribution in [1.29, 1.82) is 0 Å². The quantitative estimate of drug-likeness (QED) is 0.819. The van der Waals surface area contributed by atoms with Gasteiger partial charge in [0.15, 0.2) is 0 Å². The van der Waals surface area contributed by atoms with Crippen molar-refractivity contribution in [2.24, 2.45) is 5.73 Å². The summed E-state index contributed by atoms with van der Waals surface area (Å²) in [6, 6.07) is 8.34. The SMILES string of the molecule is CC#CCNC(CN)c1ccc(Br)cc1. The summed E-state index contributed by atoms with van der Waals surface area (Å²) < 4.78 is 1.08. The van der Waals surface area contributed by atoms with Crippen LogP contribution >= 0.6 is 15.9 Å². The molecule has 0 aliphatic rings. The maximum Gasteiger partial charge on any atom is 0.0581 e. The lowest BCUT2D eigenvalue weighted by atomic mass is 10.1. The Bertz CT molecular complexity index is 348. The molecule has 1 atom stereocenters. The van der Waals surface area contributed by atoms with Crippen molar-refractivity contribution in [3.05, 3.63) is 34.3 Å². The van der Waals surface area contributed by atoms with Crippen molar-refractivity contribution in [2.75, 3.05) is 13.1 Å². The molecule has 1 unspecified atom stereocenters. The zero-order valence-electron chi connectivity index (χ0n) is 8.76. The maximum atomic E-state index is 5.70. The van der Waals surface area contributed by atoms with Crippen LogP contribution in [0.25, 0.3) is 0 Å². The maximum absolute atomic E-state index is 5.70. The minimum atomic E-state index is 0.180. The first-order chi connectivity index (χ1) is 7.27. The highest BCUT2D eigenvalue weighted by atomic mass is 79.9. The van der Waals surface area contributed by atoms with E-state index in [4.69, 9.17) is 5.73 Å². The highest BCUT2D eigenvalue weighted by Crippen LogP contribution is 2.15. The van der Waals surface area contributed by atoms with Gasteiger partial charge in [0.2, 0.25) is 0 Å². The second-order valence-electron chi connectivity index (χ2n) is 3.15. The van der Waals surface area contributed by atoms with E-state index in [-0.39, 0.29) is 6.04 Å². The molecule has 0 heterocycles. The Morgan fingerprint density at radius 3 is 2.60 bits per heavy atom. The summed E-state index contributed by atoms with van der Waals surface area (Å²) in [6.45, 7) is 3.08. The van der Waals surface area contributed by atoms with Crippen LogP contribution in [0, 0.1) is 11.8 Å². The van der Waals surface area contributed by atoms with E-state index in [1.165, 1.54) is 5.56 Å². The van der Waals surface area contributed by atoms with Gasteiger partial charge in [-0.3, -0.25) is 5.32 Å². The van der Waals surface area contributed by atoms with E-state index < -0.39 is 0 Å². The number of nitrogens with one attached hydrogen (secondary N) is 1. The van der Waals surface area contributed by atoms with Crippen LogP contribution in [0.2, 0.25) is 0 Å². The molecule has 1 aromatic carbocycles. The molecule has 0 fully saturated rings. The molecule has 1 rings (SSSR count). The van der Waals surface area contributed by atoms with Gasteiger partial charge in [-0.05, 0) is 24.6 Å². The third-order valence-corrected chi connectivity index (χ3v) is 2.65. The molecule has 0 saturated carbocycles. The summed E-state index contributed by atoms with van der Waals surface area (Å²) >= 11 is 3.41. The molecule has 15 heavy (non-hydrogen) atoms. The molecule has 80 valence electrons. The Balaban J connectivity index is 2.64. The Kier molecular flexibility index (Phi) is 5.41. The van der Waals surface area contributed by atoms with E-state index in [0.29, 0.717) is 13.1 Å². The van der Waals surface area contributed by atoms with Gasteiger partial charge < -0.3 is 5.73 Å². The van der Waals surface area contributed by atoms with Crippen molar-refractivity contribution < 1.29 is 0 Å². The van der Waals surface area contributed by atoms with E-state index in [9.17, 15) is 0 Å². The fraction of sp³-hybridized carbons (Fsp3) is 0.333. The van der Waals surface area contributed by atoms with Gasteiger partial charge in [0.1, 0.15) is 0 Å². The van der Waals surface area contributed by atoms with E-state index in [1.54, 1.807) is 0 Å². The molecular weight excluding hydrogens is 252 g/mol. The summed E-state index contributed by atoms with van der Waals surface area (Å²) in [4.78, 5) is 0. The van der Waals surface area contributed by atoms with Crippen molar-refractivity contribution >= 4 is 15.9 Å². The topological polar surface area (TPSA) is 38.0 Å². The molecule has 0 bridgehead atoms. The van der Waals surface area contributed by atoms with Crippen molar-refractivity contribution in [3.63, 3.8) is 0 Å². The summed E-state index contributed by atoms with van der Waals surface area (Å²) in [5.74, 6) is 5.82. The van der Waals surface area contributed by atoms with Gasteiger partial charge in [0.25, 0.3) is 0 Å². The highest BCUT2D eigenvalue weighted by molar-refractivity contribution is 9.10. The molecule has 3 heteroatoms. The predicted molar refractivity (Wildman–Crippen MR) is 67.4 cm³/mol. The van der Waals surface area contributed by atoms with Crippen molar-refractivity contribution in [2.45, 2.75) is 13.0 Å². The Labute approximate surface area is 99.4 Å². The summed E-state index contributed by atoms with van der Waals surface area (Å²) in [5, 5.41) is 3.29. The van der Waals surface area contributed by atoms with E-state index in [1.807, 2.05) is 19.1 Å². The number of hydrogen-bond acceptors (Lipinski definition) is 2. The summed E-state index contributed by atoms with van der Waals surface area (Å²) in [7, 11) is 0. The molecule has 0 aromatic heterocycles. The standard InChI is InChI=1S/C12H15BrN2/c1-2-3-8-15-12(9-14)10-4-6-11(13)7-5-10/h4-7,12,15H,8-9,14H2,1H3. The van der Waals surface area contributed by atoms with Gasteiger partial charge in [-0.2, -0.15) is 0 Å². The van der Waals surface area contributed by atoms with Crippen molar-refractivity contribution in [1.82, 2.24) is 5.32 Å². The van der Waals surface area contributed by atoms with Crippen LogP contribution in [0.15, 0.2) is 28.7 Å². The van der Waals surface area contributed by atoms with Gasteiger partial charge in [0.05, 0.1) is 6.54 Å². The summed E-state index contributed by atoms with van der Waals surface area (Å²) in [5.41, 5.74) is 6.90. The van der Waals surface area contributed by atoms with E-state index in [0.717, 1.165) is 4.47 Å². The molecule has 1 aromatic rings. The molecule has 0 radical (unpaired) electrons. The zero-order chi connectivity index (χ0) is 11.1. The Morgan fingerprint density at radius 2 is 2.07 bits per heavy atom. The molecular formula is C12H15BrN2. The minimum Gasteiger partial charge on any atom is -0.329 e. The van der Waals surface area contributed by atoms with Crippen LogP contribution in [0.5, 0.6) is 0 Å².